The Balaban J connectivity index is 1.60. The highest BCUT2D eigenvalue weighted by Crippen LogP contribution is 2.25. The van der Waals surface area contributed by atoms with Crippen molar-refractivity contribution in [3.8, 4) is 5.75 Å². The number of hydrogen-bond donors (Lipinski definition) is 1. The molecule has 2 atom stereocenters. The summed E-state index contributed by atoms with van der Waals surface area (Å²) in [4.78, 5) is 38.1. The van der Waals surface area contributed by atoms with Gasteiger partial charge in [-0.15, -0.1) is 0 Å². The molecular formula is C22H24FN3O6. The normalized spacial score (nSPS) is 18.9. The van der Waals surface area contributed by atoms with Crippen LogP contribution in [0.15, 0.2) is 42.5 Å². The van der Waals surface area contributed by atoms with Crippen molar-refractivity contribution in [2.75, 3.05) is 19.7 Å². The standard InChI is InChI=1S/C22H24FN3O6/c1-14-11-25(15(2)10-24(14)12-16-3-5-17(23)6-4-16)21(27)13-32-18-7-8-20(26(30)31)19(9-18)22(28)29/h3-9,14-15H,10-13H2,1-2H3,(H,28,29)/t14-,15+/m0/s1. The summed E-state index contributed by atoms with van der Waals surface area (Å²) in [6.45, 7) is 5.37. The van der Waals surface area contributed by atoms with Gasteiger partial charge in [0.05, 0.1) is 4.92 Å². The van der Waals surface area contributed by atoms with Gasteiger partial charge in [0.1, 0.15) is 17.1 Å². The number of carbonyl (C=O) groups is 2. The van der Waals surface area contributed by atoms with Crippen molar-refractivity contribution in [3.05, 3.63) is 69.5 Å². The molecule has 0 aromatic heterocycles. The first kappa shape index (κ1) is 23.1. The number of nitro benzene ring substituents is 1. The second kappa shape index (κ2) is 9.73. The maximum Gasteiger partial charge on any atom is 0.342 e. The van der Waals surface area contributed by atoms with Gasteiger partial charge < -0.3 is 14.7 Å². The number of aromatic carboxylic acids is 1. The summed E-state index contributed by atoms with van der Waals surface area (Å²) in [5.41, 5.74) is -0.0618. The number of nitro groups is 1. The van der Waals surface area contributed by atoms with Crippen LogP contribution in [0.3, 0.4) is 0 Å². The molecule has 0 unspecified atom stereocenters. The molecule has 1 heterocycles. The molecule has 1 aliphatic heterocycles. The van der Waals surface area contributed by atoms with Crippen molar-refractivity contribution < 1.29 is 28.7 Å². The summed E-state index contributed by atoms with van der Waals surface area (Å²) in [6, 6.07) is 9.67. The van der Waals surface area contributed by atoms with Gasteiger partial charge in [-0.05, 0) is 37.6 Å². The van der Waals surface area contributed by atoms with Gasteiger partial charge in [0.25, 0.3) is 11.6 Å². The van der Waals surface area contributed by atoms with E-state index >= 15 is 0 Å². The molecule has 0 bridgehead atoms. The molecule has 1 fully saturated rings. The van der Waals surface area contributed by atoms with Crippen molar-refractivity contribution in [2.45, 2.75) is 32.5 Å². The van der Waals surface area contributed by atoms with E-state index in [4.69, 9.17) is 9.84 Å². The summed E-state index contributed by atoms with van der Waals surface area (Å²) in [5.74, 6) is -1.93. The van der Waals surface area contributed by atoms with Crippen molar-refractivity contribution >= 4 is 17.6 Å². The van der Waals surface area contributed by atoms with Gasteiger partial charge >= 0.3 is 5.97 Å². The largest absolute Gasteiger partial charge is 0.484 e. The van der Waals surface area contributed by atoms with E-state index in [1.807, 2.05) is 13.8 Å². The molecule has 0 aliphatic carbocycles. The third-order valence-electron chi connectivity index (χ3n) is 5.49. The first-order valence-corrected chi connectivity index (χ1v) is 10.1. The highest BCUT2D eigenvalue weighted by atomic mass is 19.1. The topological polar surface area (TPSA) is 113 Å². The summed E-state index contributed by atoms with van der Waals surface area (Å²) >= 11 is 0. The molecule has 0 spiro atoms. The molecule has 0 radical (unpaired) electrons. The second-order valence-corrected chi connectivity index (χ2v) is 7.83. The number of carboxylic acid groups (broad SMARTS) is 1. The van der Waals surface area contributed by atoms with Gasteiger partial charge in [0.2, 0.25) is 0 Å². The lowest BCUT2D eigenvalue weighted by molar-refractivity contribution is -0.385. The van der Waals surface area contributed by atoms with Gasteiger partial charge in [-0.25, -0.2) is 9.18 Å². The van der Waals surface area contributed by atoms with E-state index in [1.54, 1.807) is 17.0 Å². The van der Waals surface area contributed by atoms with Crippen LogP contribution in [0.4, 0.5) is 10.1 Å². The lowest BCUT2D eigenvalue weighted by Crippen LogP contribution is -2.58. The predicted molar refractivity (Wildman–Crippen MR) is 113 cm³/mol. The van der Waals surface area contributed by atoms with E-state index in [9.17, 15) is 24.1 Å². The Kier molecular flexibility index (Phi) is 7.04. The van der Waals surface area contributed by atoms with Crippen LogP contribution in [0, 0.1) is 15.9 Å². The number of carbonyl (C=O) groups excluding carboxylic acids is 1. The highest BCUT2D eigenvalue weighted by Gasteiger charge is 2.32. The molecule has 3 rings (SSSR count). The van der Waals surface area contributed by atoms with E-state index in [0.717, 1.165) is 17.7 Å². The van der Waals surface area contributed by atoms with E-state index in [0.29, 0.717) is 19.6 Å². The maximum absolute atomic E-state index is 13.1. The molecule has 1 saturated heterocycles. The molecule has 2 aromatic rings. The maximum atomic E-state index is 13.1. The highest BCUT2D eigenvalue weighted by molar-refractivity contribution is 5.92. The first-order valence-electron chi connectivity index (χ1n) is 10.1. The first-order chi connectivity index (χ1) is 15.2. The van der Waals surface area contributed by atoms with Crippen LogP contribution in [-0.4, -0.2) is 63.5 Å². The minimum atomic E-state index is -1.45. The fourth-order valence-electron chi connectivity index (χ4n) is 3.75. The zero-order valence-corrected chi connectivity index (χ0v) is 17.7. The number of nitrogens with zero attached hydrogens (tertiary/aromatic N) is 3. The van der Waals surface area contributed by atoms with Crippen LogP contribution in [0.5, 0.6) is 5.75 Å². The van der Waals surface area contributed by atoms with Crippen LogP contribution < -0.4 is 4.74 Å². The molecule has 1 amide bonds. The number of amides is 1. The van der Waals surface area contributed by atoms with Crippen LogP contribution in [0.25, 0.3) is 0 Å². The minimum Gasteiger partial charge on any atom is -0.484 e. The zero-order valence-electron chi connectivity index (χ0n) is 17.7. The Morgan fingerprint density at radius 3 is 2.47 bits per heavy atom. The third kappa shape index (κ3) is 5.38. The Morgan fingerprint density at radius 1 is 1.16 bits per heavy atom. The van der Waals surface area contributed by atoms with E-state index in [-0.39, 0.29) is 36.2 Å². The number of rotatable bonds is 7. The molecule has 170 valence electrons. The van der Waals surface area contributed by atoms with Crippen LogP contribution >= 0.6 is 0 Å². The lowest BCUT2D eigenvalue weighted by atomic mass is 10.1. The smallest absolute Gasteiger partial charge is 0.342 e. The van der Waals surface area contributed by atoms with Gasteiger partial charge in [0, 0.05) is 43.9 Å². The number of benzene rings is 2. The lowest BCUT2D eigenvalue weighted by Gasteiger charge is -2.44. The van der Waals surface area contributed by atoms with E-state index < -0.39 is 22.1 Å². The molecule has 10 heteroatoms. The van der Waals surface area contributed by atoms with Gasteiger partial charge in [-0.1, -0.05) is 12.1 Å². The van der Waals surface area contributed by atoms with Gasteiger partial charge in [-0.2, -0.15) is 0 Å². The summed E-state index contributed by atoms with van der Waals surface area (Å²) in [6.07, 6.45) is 0. The average molecular weight is 445 g/mol. The molecule has 2 aromatic carbocycles. The Labute approximate surface area is 184 Å². The zero-order chi connectivity index (χ0) is 23.4. The minimum absolute atomic E-state index is 0.0667. The Morgan fingerprint density at radius 2 is 1.84 bits per heavy atom. The second-order valence-electron chi connectivity index (χ2n) is 7.83. The number of piperazine rings is 1. The Bertz CT molecular complexity index is 1010. The van der Waals surface area contributed by atoms with Gasteiger partial charge in [0.15, 0.2) is 6.61 Å². The number of halogens is 1. The van der Waals surface area contributed by atoms with Crippen molar-refractivity contribution in [1.82, 2.24) is 9.80 Å². The number of ether oxygens (including phenoxy) is 1. The van der Waals surface area contributed by atoms with E-state index in [2.05, 4.69) is 4.90 Å². The summed E-state index contributed by atoms with van der Waals surface area (Å²) in [7, 11) is 0. The molecule has 1 N–H and O–H groups in total. The fourth-order valence-corrected chi connectivity index (χ4v) is 3.75. The van der Waals surface area contributed by atoms with Crippen LogP contribution in [0.1, 0.15) is 29.8 Å². The van der Waals surface area contributed by atoms with Crippen LogP contribution in [-0.2, 0) is 11.3 Å². The van der Waals surface area contributed by atoms with Crippen molar-refractivity contribution in [1.29, 1.82) is 0 Å². The summed E-state index contributed by atoms with van der Waals surface area (Å²) in [5, 5.41) is 20.1. The molecule has 0 saturated carbocycles. The summed E-state index contributed by atoms with van der Waals surface area (Å²) < 4.78 is 18.6. The van der Waals surface area contributed by atoms with Crippen molar-refractivity contribution in [2.24, 2.45) is 0 Å². The number of carboxylic acids is 1. The monoisotopic (exact) mass is 445 g/mol. The van der Waals surface area contributed by atoms with Crippen molar-refractivity contribution in [3.63, 3.8) is 0 Å². The van der Waals surface area contributed by atoms with E-state index in [1.165, 1.54) is 18.2 Å². The third-order valence-corrected chi connectivity index (χ3v) is 5.49. The quantitative estimate of drug-likeness (QED) is 0.515. The molecule has 9 nitrogen and oxygen atoms in total. The number of hydrogen-bond acceptors (Lipinski definition) is 6. The molecule has 32 heavy (non-hydrogen) atoms. The fraction of sp³-hybridized carbons (Fsp3) is 0.364. The average Bonchev–Trinajstić information content (AvgIpc) is 2.75. The Hall–Kier alpha value is -3.53. The SMILES string of the molecule is C[C@@H]1CN(Cc2ccc(F)cc2)[C@@H](C)CN1C(=O)COc1ccc([N+](=O)[O-])c(C(=O)O)c1. The predicted octanol–water partition coefficient (Wildman–Crippen LogP) is 2.93. The molecule has 1 aliphatic rings. The molecular weight excluding hydrogens is 421 g/mol. The van der Waals surface area contributed by atoms with Gasteiger partial charge in [-0.3, -0.25) is 19.8 Å². The van der Waals surface area contributed by atoms with Crippen LogP contribution in [0.2, 0.25) is 0 Å².